The molecule has 3 heterocycles. The Bertz CT molecular complexity index is 1300. The maximum atomic E-state index is 6.13. The van der Waals surface area contributed by atoms with Gasteiger partial charge in [-0.25, -0.2) is 9.97 Å². The van der Waals surface area contributed by atoms with Crippen LogP contribution in [0.25, 0.3) is 27.8 Å². The van der Waals surface area contributed by atoms with Gasteiger partial charge in [0.2, 0.25) is 0 Å². The van der Waals surface area contributed by atoms with E-state index in [1.165, 1.54) is 24.9 Å². The summed E-state index contributed by atoms with van der Waals surface area (Å²) in [5.41, 5.74) is 10.6. The minimum absolute atomic E-state index is 0.308. The van der Waals surface area contributed by atoms with Crippen LogP contribution in [0.3, 0.4) is 0 Å². The Hall–Kier alpha value is -3.12. The zero-order valence-corrected chi connectivity index (χ0v) is 19.2. The molecule has 33 heavy (non-hydrogen) atoms. The first-order chi connectivity index (χ1) is 16.1. The van der Waals surface area contributed by atoms with E-state index in [4.69, 9.17) is 15.5 Å². The van der Waals surface area contributed by atoms with Gasteiger partial charge in [-0.05, 0) is 56.0 Å². The van der Waals surface area contributed by atoms with Crippen molar-refractivity contribution in [1.82, 2.24) is 14.5 Å². The van der Waals surface area contributed by atoms with Gasteiger partial charge < -0.3 is 15.4 Å². The lowest BCUT2D eigenvalue weighted by Gasteiger charge is -2.37. The van der Waals surface area contributed by atoms with Gasteiger partial charge in [0.05, 0.1) is 28.8 Å². The summed E-state index contributed by atoms with van der Waals surface area (Å²) in [5.74, 6) is 1.76. The van der Waals surface area contributed by atoms with Crippen LogP contribution in [0.4, 0.5) is 5.69 Å². The Balaban J connectivity index is 1.32. The van der Waals surface area contributed by atoms with E-state index in [9.17, 15) is 0 Å². The quantitative estimate of drug-likeness (QED) is 0.468. The van der Waals surface area contributed by atoms with Gasteiger partial charge in [0.15, 0.2) is 0 Å². The Labute approximate surface area is 194 Å². The Kier molecular flexibility index (Phi) is 4.98. The lowest BCUT2D eigenvalue weighted by atomic mass is 9.71. The largest absolute Gasteiger partial charge is 0.493 e. The minimum atomic E-state index is 0.308. The topological polar surface area (TPSA) is 69.2 Å². The number of aromatic nitrogens is 3. The van der Waals surface area contributed by atoms with E-state index < -0.39 is 0 Å². The molecule has 2 aromatic heterocycles. The van der Waals surface area contributed by atoms with Gasteiger partial charge in [-0.2, -0.15) is 0 Å². The number of rotatable bonds is 5. The first-order valence-corrected chi connectivity index (χ1v) is 12.1. The summed E-state index contributed by atoms with van der Waals surface area (Å²) in [6.07, 6.45) is 7.72. The number of fused-ring (bicyclic) bond motifs is 2. The lowest BCUT2D eigenvalue weighted by molar-refractivity contribution is 0.0777. The van der Waals surface area contributed by atoms with Crippen LogP contribution in [0.5, 0.6) is 5.75 Å². The van der Waals surface area contributed by atoms with Crippen molar-refractivity contribution in [3.8, 4) is 11.6 Å². The van der Waals surface area contributed by atoms with Crippen LogP contribution in [0.2, 0.25) is 0 Å². The van der Waals surface area contributed by atoms with Gasteiger partial charge in [0.25, 0.3) is 0 Å². The lowest BCUT2D eigenvalue weighted by Crippen LogP contribution is -2.39. The molecule has 0 bridgehead atoms. The molecule has 1 aliphatic heterocycles. The molecular formula is C27H31N5O. The van der Waals surface area contributed by atoms with E-state index in [0.29, 0.717) is 11.5 Å². The number of nitrogens with zero attached hydrogens (tertiary/aromatic N) is 4. The average Bonchev–Trinajstić information content (AvgIpc) is 3.25. The fourth-order valence-corrected chi connectivity index (χ4v) is 5.10. The molecule has 6 heteroatoms. The fraction of sp³-hybridized carbons (Fsp3) is 0.407. The monoisotopic (exact) mass is 441 g/mol. The third-order valence-corrected chi connectivity index (χ3v) is 7.48. The molecular weight excluding hydrogens is 410 g/mol. The summed E-state index contributed by atoms with van der Waals surface area (Å²) in [6, 6.07) is 17.1. The Morgan fingerprint density at radius 3 is 2.73 bits per heavy atom. The second-order valence-corrected chi connectivity index (χ2v) is 10.1. The van der Waals surface area contributed by atoms with Crippen molar-refractivity contribution in [3.63, 3.8) is 0 Å². The minimum Gasteiger partial charge on any atom is -0.493 e. The highest BCUT2D eigenvalue weighted by Gasteiger charge is 2.32. The second-order valence-electron chi connectivity index (χ2n) is 10.1. The summed E-state index contributed by atoms with van der Waals surface area (Å²) in [7, 11) is 0. The molecule has 1 saturated carbocycles. The maximum absolute atomic E-state index is 6.13. The Morgan fingerprint density at radius 2 is 1.94 bits per heavy atom. The molecule has 1 aliphatic carbocycles. The number of ether oxygens (including phenoxy) is 1. The first kappa shape index (κ1) is 20.5. The number of hydrogen-bond donors (Lipinski definition) is 1. The number of nitrogens with two attached hydrogens (primary N) is 1. The van der Waals surface area contributed by atoms with E-state index in [1.54, 1.807) is 0 Å². The van der Waals surface area contributed by atoms with Crippen LogP contribution < -0.4 is 15.4 Å². The summed E-state index contributed by atoms with van der Waals surface area (Å²) in [6.45, 7) is 5.03. The summed E-state index contributed by atoms with van der Waals surface area (Å²) < 4.78 is 8.17. The Morgan fingerprint density at radius 1 is 1.09 bits per heavy atom. The van der Waals surface area contributed by atoms with Gasteiger partial charge in [-0.1, -0.05) is 25.5 Å². The van der Waals surface area contributed by atoms with Gasteiger partial charge in [-0.15, -0.1) is 0 Å². The van der Waals surface area contributed by atoms with E-state index >= 15 is 0 Å². The number of para-hydroxylation sites is 1. The summed E-state index contributed by atoms with van der Waals surface area (Å²) >= 11 is 0. The highest BCUT2D eigenvalue weighted by atomic mass is 16.5. The normalized spacial score (nSPS) is 18.5. The van der Waals surface area contributed by atoms with Crippen LogP contribution in [0.15, 0.2) is 54.9 Å². The number of hydrogen-bond acceptors (Lipinski definition) is 5. The molecule has 2 aliphatic rings. The number of benzene rings is 2. The molecule has 0 amide bonds. The van der Waals surface area contributed by atoms with Gasteiger partial charge in [0.1, 0.15) is 17.9 Å². The number of piperidine rings is 1. The maximum Gasteiger partial charge on any atom is 0.139 e. The molecule has 0 radical (unpaired) electrons. The SMILES string of the molecule is CC1(COc2ccc3c(c2)ncn3-c2ccc3cccc(N4CCC(N)CC4)c3n2)CCC1. The standard InChI is InChI=1S/C27H31N5O/c1-27(12-3-13-27)17-33-21-7-8-23-22(16-21)29-18-32(23)25-9-6-19-4-2-5-24(26(19)30-25)31-14-10-20(28)11-15-31/h2,4-9,16,18,20H,3,10-15,17,28H2,1H3. The van der Waals surface area contributed by atoms with E-state index in [-0.39, 0.29) is 0 Å². The third kappa shape index (κ3) is 3.82. The molecule has 0 atom stereocenters. The van der Waals surface area contributed by atoms with Crippen LogP contribution in [-0.2, 0) is 0 Å². The molecule has 2 fully saturated rings. The summed E-state index contributed by atoms with van der Waals surface area (Å²) in [4.78, 5) is 12.2. The van der Waals surface area contributed by atoms with E-state index in [2.05, 4.69) is 57.8 Å². The second kappa shape index (κ2) is 8.03. The van der Waals surface area contributed by atoms with Crippen molar-refractivity contribution in [2.45, 2.75) is 45.1 Å². The van der Waals surface area contributed by atoms with Gasteiger partial charge >= 0.3 is 0 Å². The smallest absolute Gasteiger partial charge is 0.139 e. The van der Waals surface area contributed by atoms with Crippen molar-refractivity contribution < 1.29 is 4.74 Å². The van der Waals surface area contributed by atoms with Gasteiger partial charge in [0, 0.05) is 36.0 Å². The molecule has 6 nitrogen and oxygen atoms in total. The molecule has 0 unspecified atom stereocenters. The number of pyridine rings is 1. The van der Waals surface area contributed by atoms with Crippen molar-refractivity contribution in [2.24, 2.45) is 11.1 Å². The molecule has 2 aromatic carbocycles. The molecule has 0 spiro atoms. The van der Waals surface area contributed by atoms with Crippen molar-refractivity contribution in [2.75, 3.05) is 24.6 Å². The van der Waals surface area contributed by atoms with Gasteiger partial charge in [-0.3, -0.25) is 4.57 Å². The zero-order valence-electron chi connectivity index (χ0n) is 19.2. The molecule has 170 valence electrons. The fourth-order valence-electron chi connectivity index (χ4n) is 5.10. The highest BCUT2D eigenvalue weighted by Crippen LogP contribution is 2.40. The zero-order chi connectivity index (χ0) is 22.4. The molecule has 1 saturated heterocycles. The van der Waals surface area contributed by atoms with Crippen molar-refractivity contribution in [1.29, 1.82) is 0 Å². The van der Waals surface area contributed by atoms with Crippen molar-refractivity contribution >= 4 is 27.6 Å². The van der Waals surface area contributed by atoms with Crippen LogP contribution >= 0.6 is 0 Å². The van der Waals surface area contributed by atoms with Crippen molar-refractivity contribution in [3.05, 3.63) is 54.9 Å². The average molecular weight is 442 g/mol. The predicted molar refractivity (Wildman–Crippen MR) is 133 cm³/mol. The molecule has 4 aromatic rings. The van der Waals surface area contributed by atoms with Crippen LogP contribution in [0, 0.1) is 5.41 Å². The van der Waals surface area contributed by atoms with Crippen LogP contribution in [-0.4, -0.2) is 40.3 Å². The molecule has 2 N–H and O–H groups in total. The van der Waals surface area contributed by atoms with Crippen LogP contribution in [0.1, 0.15) is 39.0 Å². The number of anilines is 1. The third-order valence-electron chi connectivity index (χ3n) is 7.48. The molecule has 6 rings (SSSR count). The summed E-state index contributed by atoms with van der Waals surface area (Å²) in [5, 5.41) is 1.15. The number of imidazole rings is 1. The predicted octanol–water partition coefficient (Wildman–Crippen LogP) is 5.07. The highest BCUT2D eigenvalue weighted by molar-refractivity contribution is 5.92. The van der Waals surface area contributed by atoms with E-state index in [0.717, 1.165) is 66.0 Å². The van der Waals surface area contributed by atoms with E-state index in [1.807, 2.05) is 18.5 Å². The first-order valence-electron chi connectivity index (χ1n) is 12.1.